The summed E-state index contributed by atoms with van der Waals surface area (Å²) in [5.41, 5.74) is 1.36. The Morgan fingerprint density at radius 1 is 0.679 bits per heavy atom. The van der Waals surface area contributed by atoms with Crippen LogP contribution in [0.15, 0.2) is 40.8 Å². The third kappa shape index (κ3) is 9.07. The van der Waals surface area contributed by atoms with Crippen LogP contribution in [-0.2, 0) is 0 Å². The molecule has 1 aromatic rings. The fraction of sp³-hybridized carbons (Fsp3) is 0.692. The van der Waals surface area contributed by atoms with E-state index in [0.29, 0.717) is 0 Å². The smallest absolute Gasteiger partial charge is 0.0728 e. The van der Waals surface area contributed by atoms with Crippen LogP contribution in [0.2, 0.25) is 0 Å². The Balaban J connectivity index is 1.35. The Bertz CT molecular complexity index is 539. The quantitative estimate of drug-likeness (QED) is 0.239. The molecule has 28 heavy (non-hydrogen) atoms. The first-order valence-electron chi connectivity index (χ1n) is 12.1. The lowest BCUT2D eigenvalue weighted by atomic mass is 10.0. The Morgan fingerprint density at radius 2 is 1.14 bits per heavy atom. The lowest BCUT2D eigenvalue weighted by Gasteiger charge is -2.19. The second kappa shape index (κ2) is 15.0. The third-order valence-electron chi connectivity index (χ3n) is 5.92. The first kappa shape index (κ1) is 23.4. The number of para-hydroxylation sites is 1. The van der Waals surface area contributed by atoms with Crippen LogP contribution in [0.25, 0.3) is 0 Å². The molecule has 1 aliphatic rings. The molecule has 0 saturated carbocycles. The maximum atomic E-state index is 4.23. The van der Waals surface area contributed by atoms with E-state index in [1.165, 1.54) is 118 Å². The molecule has 158 valence electrons. The average Bonchev–Trinajstić information content (AvgIpc) is 3.03. The summed E-state index contributed by atoms with van der Waals surface area (Å²) >= 11 is 1.82. The monoisotopic (exact) mass is 401 g/mol. The molecule has 0 spiro atoms. The molecule has 0 saturated heterocycles. The maximum Gasteiger partial charge on any atom is 0.0728 e. The van der Waals surface area contributed by atoms with Crippen molar-refractivity contribution in [1.29, 1.82) is 0 Å². The van der Waals surface area contributed by atoms with E-state index in [1.54, 1.807) is 0 Å². The van der Waals surface area contributed by atoms with Gasteiger partial charge in [0.05, 0.1) is 10.7 Å². The van der Waals surface area contributed by atoms with E-state index >= 15 is 0 Å². The van der Waals surface area contributed by atoms with Crippen LogP contribution >= 0.6 is 11.8 Å². The molecule has 2 heteroatoms. The summed E-state index contributed by atoms with van der Waals surface area (Å²) < 4.78 is 0. The molecule has 0 N–H and O–H groups in total. The van der Waals surface area contributed by atoms with Crippen molar-refractivity contribution >= 4 is 17.4 Å². The zero-order valence-corrected chi connectivity index (χ0v) is 19.2. The van der Waals surface area contributed by atoms with Crippen LogP contribution in [0.3, 0.4) is 0 Å². The van der Waals surface area contributed by atoms with E-state index in [4.69, 9.17) is 0 Å². The Morgan fingerprint density at radius 3 is 1.68 bits per heavy atom. The second-order valence-electron chi connectivity index (χ2n) is 8.42. The van der Waals surface area contributed by atoms with E-state index in [-0.39, 0.29) is 0 Å². The van der Waals surface area contributed by atoms with Crippen molar-refractivity contribution in [3.05, 3.63) is 35.9 Å². The SMILES string of the molecule is C=C1Sc2ccccc2N1CCCCCCCCCCCCCCCCCC. The number of hydrogen-bond donors (Lipinski definition) is 0. The van der Waals surface area contributed by atoms with Gasteiger partial charge in [-0.1, -0.05) is 134 Å². The minimum absolute atomic E-state index is 1.13. The van der Waals surface area contributed by atoms with Gasteiger partial charge in [0.1, 0.15) is 0 Å². The standard InChI is InChI=1S/C26H43NS/c1-3-4-5-6-7-8-9-10-11-12-13-14-15-16-17-20-23-27-24(2)28-26-22-19-18-21-25(26)27/h18-19,21-22H,2-17,20,23H2,1H3. The molecule has 1 aromatic carbocycles. The van der Waals surface area contributed by atoms with Gasteiger partial charge in [0, 0.05) is 11.4 Å². The molecule has 0 aromatic heterocycles. The van der Waals surface area contributed by atoms with Crippen LogP contribution in [-0.4, -0.2) is 6.54 Å². The van der Waals surface area contributed by atoms with Crippen molar-refractivity contribution in [3.8, 4) is 0 Å². The fourth-order valence-corrected chi connectivity index (χ4v) is 5.13. The number of fused-ring (bicyclic) bond motifs is 1. The first-order valence-corrected chi connectivity index (χ1v) is 12.9. The highest BCUT2D eigenvalue weighted by Crippen LogP contribution is 2.44. The molecule has 1 heterocycles. The molecule has 0 atom stereocenters. The summed E-state index contributed by atoms with van der Waals surface area (Å²) in [5.74, 6) is 0. The highest BCUT2D eigenvalue weighted by Gasteiger charge is 2.22. The summed E-state index contributed by atoms with van der Waals surface area (Å²) in [6, 6.07) is 8.70. The summed E-state index contributed by atoms with van der Waals surface area (Å²) in [6.45, 7) is 7.65. The van der Waals surface area contributed by atoms with E-state index in [1.807, 2.05) is 11.8 Å². The molecule has 0 amide bonds. The van der Waals surface area contributed by atoms with Gasteiger partial charge < -0.3 is 4.90 Å². The number of thioether (sulfide) groups is 1. The lowest BCUT2D eigenvalue weighted by molar-refractivity contribution is 0.530. The summed E-state index contributed by atoms with van der Waals surface area (Å²) in [6.07, 6.45) is 22.8. The molecule has 0 bridgehead atoms. The zero-order chi connectivity index (χ0) is 19.9. The zero-order valence-electron chi connectivity index (χ0n) is 18.4. The number of rotatable bonds is 17. The molecular weight excluding hydrogens is 358 g/mol. The van der Waals surface area contributed by atoms with Gasteiger partial charge >= 0.3 is 0 Å². The van der Waals surface area contributed by atoms with Crippen molar-refractivity contribution in [2.45, 2.75) is 115 Å². The van der Waals surface area contributed by atoms with Crippen LogP contribution in [0, 0.1) is 0 Å². The van der Waals surface area contributed by atoms with E-state index in [9.17, 15) is 0 Å². The molecule has 0 radical (unpaired) electrons. The van der Waals surface area contributed by atoms with E-state index < -0.39 is 0 Å². The largest absolute Gasteiger partial charge is 0.336 e. The predicted molar refractivity (Wildman–Crippen MR) is 128 cm³/mol. The van der Waals surface area contributed by atoms with Gasteiger partial charge in [-0.05, 0) is 18.6 Å². The molecular formula is C26H43NS. The topological polar surface area (TPSA) is 3.24 Å². The van der Waals surface area contributed by atoms with Crippen molar-refractivity contribution < 1.29 is 0 Å². The van der Waals surface area contributed by atoms with Gasteiger partial charge in [-0.3, -0.25) is 0 Å². The van der Waals surface area contributed by atoms with E-state index in [2.05, 4.69) is 42.7 Å². The molecule has 2 rings (SSSR count). The van der Waals surface area contributed by atoms with Crippen LogP contribution < -0.4 is 4.90 Å². The summed E-state index contributed by atoms with van der Waals surface area (Å²) in [4.78, 5) is 3.77. The van der Waals surface area contributed by atoms with Crippen LogP contribution in [0.4, 0.5) is 5.69 Å². The van der Waals surface area contributed by atoms with Crippen LogP contribution in [0.1, 0.15) is 110 Å². The van der Waals surface area contributed by atoms with Crippen molar-refractivity contribution in [1.82, 2.24) is 0 Å². The van der Waals surface area contributed by atoms with Gasteiger partial charge in [0.15, 0.2) is 0 Å². The Hall–Kier alpha value is -0.890. The minimum atomic E-state index is 1.13. The van der Waals surface area contributed by atoms with Gasteiger partial charge in [0.2, 0.25) is 0 Å². The number of nitrogens with zero attached hydrogens (tertiary/aromatic N) is 1. The third-order valence-corrected chi connectivity index (χ3v) is 6.94. The summed E-state index contributed by atoms with van der Waals surface area (Å²) in [7, 11) is 0. The number of hydrogen-bond acceptors (Lipinski definition) is 2. The maximum absolute atomic E-state index is 4.23. The van der Waals surface area contributed by atoms with Crippen molar-refractivity contribution in [2.75, 3.05) is 11.4 Å². The second-order valence-corrected chi connectivity index (χ2v) is 9.53. The molecule has 0 fully saturated rings. The fourth-order valence-electron chi connectivity index (χ4n) is 4.15. The summed E-state index contributed by atoms with van der Waals surface area (Å²) in [5, 5.41) is 1.20. The van der Waals surface area contributed by atoms with Gasteiger partial charge in [0.25, 0.3) is 0 Å². The highest BCUT2D eigenvalue weighted by atomic mass is 32.2. The molecule has 1 nitrogen and oxygen atoms in total. The molecule has 0 unspecified atom stereocenters. The first-order chi connectivity index (χ1) is 13.8. The number of benzene rings is 1. The predicted octanol–water partition coefficient (Wildman–Crippen LogP) is 9.33. The van der Waals surface area contributed by atoms with Gasteiger partial charge in [-0.25, -0.2) is 0 Å². The van der Waals surface area contributed by atoms with Crippen molar-refractivity contribution in [3.63, 3.8) is 0 Å². The lowest BCUT2D eigenvalue weighted by Crippen LogP contribution is -2.18. The number of anilines is 1. The van der Waals surface area contributed by atoms with Crippen LogP contribution in [0.5, 0.6) is 0 Å². The average molecular weight is 402 g/mol. The Labute approximate surface area is 179 Å². The highest BCUT2D eigenvalue weighted by molar-refractivity contribution is 8.03. The van der Waals surface area contributed by atoms with Gasteiger partial charge in [-0.2, -0.15) is 0 Å². The minimum Gasteiger partial charge on any atom is -0.336 e. The molecule has 0 aliphatic carbocycles. The Kier molecular flexibility index (Phi) is 12.5. The number of unbranched alkanes of at least 4 members (excludes halogenated alkanes) is 15. The normalized spacial score (nSPS) is 13.3. The van der Waals surface area contributed by atoms with Gasteiger partial charge in [-0.15, -0.1) is 0 Å². The van der Waals surface area contributed by atoms with E-state index in [0.717, 1.165) is 6.54 Å². The molecule has 1 aliphatic heterocycles. The van der Waals surface area contributed by atoms with Crippen molar-refractivity contribution in [2.24, 2.45) is 0 Å².